The molecule has 1 N–H and O–H groups in total. The van der Waals surface area contributed by atoms with E-state index in [1.165, 1.54) is 6.07 Å². The average Bonchev–Trinajstić information content (AvgIpc) is 2.59. The average molecular weight is 382 g/mol. The van der Waals surface area contributed by atoms with E-state index in [2.05, 4.69) is 0 Å². The van der Waals surface area contributed by atoms with E-state index in [0.717, 1.165) is 12.1 Å². The number of ether oxygens (including phenoxy) is 2. The SMILES string of the molecule is CC(C)OC(Cc1cccc(OCc2cccc(C(F)(F)F)c2)c1)C(=O)O. The van der Waals surface area contributed by atoms with E-state index in [1.807, 2.05) is 0 Å². The topological polar surface area (TPSA) is 55.8 Å². The Morgan fingerprint density at radius 1 is 1.07 bits per heavy atom. The molecule has 146 valence electrons. The lowest BCUT2D eigenvalue weighted by atomic mass is 10.1. The zero-order chi connectivity index (χ0) is 20.0. The number of benzene rings is 2. The molecule has 0 bridgehead atoms. The van der Waals surface area contributed by atoms with Crippen molar-refractivity contribution in [2.24, 2.45) is 0 Å². The van der Waals surface area contributed by atoms with Crippen LogP contribution in [0.3, 0.4) is 0 Å². The van der Waals surface area contributed by atoms with Gasteiger partial charge in [-0.2, -0.15) is 13.2 Å². The second-order valence-corrected chi connectivity index (χ2v) is 6.35. The standard InChI is InChI=1S/C20H21F3O4/c1-13(2)27-18(19(24)25)11-14-5-4-8-17(10-14)26-12-15-6-3-7-16(9-15)20(21,22)23/h3-10,13,18H,11-12H2,1-2H3,(H,24,25). The van der Waals surface area contributed by atoms with Crippen molar-refractivity contribution in [1.82, 2.24) is 0 Å². The normalized spacial score (nSPS) is 12.8. The van der Waals surface area contributed by atoms with Gasteiger partial charge >= 0.3 is 12.1 Å². The van der Waals surface area contributed by atoms with Crippen LogP contribution >= 0.6 is 0 Å². The summed E-state index contributed by atoms with van der Waals surface area (Å²) >= 11 is 0. The number of rotatable bonds is 8. The molecule has 0 aliphatic heterocycles. The molecule has 0 amide bonds. The zero-order valence-electron chi connectivity index (χ0n) is 15.0. The first-order valence-corrected chi connectivity index (χ1v) is 8.41. The van der Waals surface area contributed by atoms with Gasteiger partial charge in [-0.1, -0.05) is 24.3 Å². The van der Waals surface area contributed by atoms with E-state index in [-0.39, 0.29) is 19.1 Å². The number of halogens is 3. The van der Waals surface area contributed by atoms with E-state index in [4.69, 9.17) is 9.47 Å². The Morgan fingerprint density at radius 3 is 2.37 bits per heavy atom. The Bertz CT molecular complexity index is 772. The first-order valence-electron chi connectivity index (χ1n) is 8.41. The summed E-state index contributed by atoms with van der Waals surface area (Å²) in [5, 5.41) is 9.25. The van der Waals surface area contributed by atoms with Crippen LogP contribution in [0.15, 0.2) is 48.5 Å². The van der Waals surface area contributed by atoms with Gasteiger partial charge in [-0.15, -0.1) is 0 Å². The van der Waals surface area contributed by atoms with Crippen molar-refractivity contribution in [3.8, 4) is 5.75 Å². The molecule has 27 heavy (non-hydrogen) atoms. The predicted molar refractivity (Wildman–Crippen MR) is 93.6 cm³/mol. The van der Waals surface area contributed by atoms with Crippen molar-refractivity contribution >= 4 is 5.97 Å². The molecule has 4 nitrogen and oxygen atoms in total. The Hall–Kier alpha value is -2.54. The molecule has 0 heterocycles. The molecule has 2 rings (SSSR count). The van der Waals surface area contributed by atoms with Gasteiger partial charge < -0.3 is 14.6 Å². The minimum absolute atomic E-state index is 0.0295. The highest BCUT2D eigenvalue weighted by atomic mass is 19.4. The summed E-state index contributed by atoms with van der Waals surface area (Å²) in [5.74, 6) is -0.613. The van der Waals surface area contributed by atoms with Crippen molar-refractivity contribution in [1.29, 1.82) is 0 Å². The van der Waals surface area contributed by atoms with Crippen molar-refractivity contribution < 1.29 is 32.5 Å². The summed E-state index contributed by atoms with van der Waals surface area (Å²) in [6, 6.07) is 11.7. The Morgan fingerprint density at radius 2 is 1.74 bits per heavy atom. The van der Waals surface area contributed by atoms with Crippen LogP contribution in [0, 0.1) is 0 Å². The summed E-state index contributed by atoms with van der Waals surface area (Å²) in [7, 11) is 0. The molecule has 0 radical (unpaired) electrons. The van der Waals surface area contributed by atoms with Crippen molar-refractivity contribution in [2.45, 2.75) is 45.3 Å². The van der Waals surface area contributed by atoms with Gasteiger partial charge in [0.1, 0.15) is 12.4 Å². The van der Waals surface area contributed by atoms with E-state index in [0.29, 0.717) is 16.9 Å². The molecular weight excluding hydrogens is 361 g/mol. The van der Waals surface area contributed by atoms with Gasteiger partial charge in [0.05, 0.1) is 11.7 Å². The van der Waals surface area contributed by atoms with Crippen LogP contribution in [0.1, 0.15) is 30.5 Å². The van der Waals surface area contributed by atoms with Crippen LogP contribution in [0.4, 0.5) is 13.2 Å². The molecule has 7 heteroatoms. The maximum Gasteiger partial charge on any atom is 0.416 e. The molecule has 2 aromatic rings. The molecule has 0 aromatic heterocycles. The summed E-state index contributed by atoms with van der Waals surface area (Å²) in [5.41, 5.74) is 0.360. The van der Waals surface area contributed by atoms with Gasteiger partial charge in [0, 0.05) is 6.42 Å². The molecule has 2 aromatic carbocycles. The summed E-state index contributed by atoms with van der Waals surface area (Å²) in [4.78, 5) is 11.3. The van der Waals surface area contributed by atoms with Crippen molar-refractivity contribution in [3.63, 3.8) is 0 Å². The summed E-state index contributed by atoms with van der Waals surface area (Å²) in [6.07, 6.45) is -5.46. The van der Waals surface area contributed by atoms with E-state index in [9.17, 15) is 23.1 Å². The Balaban J connectivity index is 2.04. The highest BCUT2D eigenvalue weighted by Gasteiger charge is 2.30. The van der Waals surface area contributed by atoms with Gasteiger partial charge in [0.15, 0.2) is 6.10 Å². The van der Waals surface area contributed by atoms with E-state index in [1.54, 1.807) is 44.2 Å². The van der Waals surface area contributed by atoms with Crippen molar-refractivity contribution in [2.75, 3.05) is 0 Å². The van der Waals surface area contributed by atoms with Gasteiger partial charge in [-0.05, 0) is 49.2 Å². The first kappa shape index (κ1) is 20.8. The van der Waals surface area contributed by atoms with Crippen LogP contribution in [0.25, 0.3) is 0 Å². The molecule has 0 saturated carbocycles. The Kier molecular flexibility index (Phi) is 6.85. The lowest BCUT2D eigenvalue weighted by molar-refractivity contribution is -0.153. The highest BCUT2D eigenvalue weighted by molar-refractivity contribution is 5.72. The largest absolute Gasteiger partial charge is 0.489 e. The smallest absolute Gasteiger partial charge is 0.416 e. The number of carboxylic acid groups (broad SMARTS) is 1. The monoisotopic (exact) mass is 382 g/mol. The maximum atomic E-state index is 12.8. The van der Waals surface area contributed by atoms with Gasteiger partial charge in [-0.3, -0.25) is 0 Å². The fourth-order valence-corrected chi connectivity index (χ4v) is 2.50. The lowest BCUT2D eigenvalue weighted by Crippen LogP contribution is -2.29. The number of carboxylic acids is 1. The van der Waals surface area contributed by atoms with Crippen LogP contribution in [0.5, 0.6) is 5.75 Å². The molecule has 0 fully saturated rings. The lowest BCUT2D eigenvalue weighted by Gasteiger charge is -2.17. The maximum absolute atomic E-state index is 12.8. The number of aliphatic carboxylic acids is 1. The molecule has 0 spiro atoms. The quantitative estimate of drug-likeness (QED) is 0.719. The van der Waals surface area contributed by atoms with Gasteiger partial charge in [0.25, 0.3) is 0 Å². The molecule has 0 saturated heterocycles. The minimum atomic E-state index is -4.40. The zero-order valence-corrected chi connectivity index (χ0v) is 15.0. The van der Waals surface area contributed by atoms with Crippen LogP contribution < -0.4 is 4.74 Å². The number of hydrogen-bond acceptors (Lipinski definition) is 3. The fourth-order valence-electron chi connectivity index (χ4n) is 2.50. The predicted octanol–water partition coefficient (Wildman–Crippen LogP) is 4.71. The van der Waals surface area contributed by atoms with Crippen molar-refractivity contribution in [3.05, 3.63) is 65.2 Å². The fraction of sp³-hybridized carbons (Fsp3) is 0.350. The molecular formula is C20H21F3O4. The third-order valence-electron chi connectivity index (χ3n) is 3.69. The number of carbonyl (C=O) groups is 1. The molecule has 1 unspecified atom stereocenters. The second kappa shape index (κ2) is 8.90. The van der Waals surface area contributed by atoms with Crippen LogP contribution in [-0.4, -0.2) is 23.3 Å². The highest BCUT2D eigenvalue weighted by Crippen LogP contribution is 2.29. The third kappa shape index (κ3) is 6.60. The minimum Gasteiger partial charge on any atom is -0.489 e. The van der Waals surface area contributed by atoms with Crippen LogP contribution in [-0.2, 0) is 28.7 Å². The number of hydrogen-bond donors (Lipinski definition) is 1. The molecule has 1 atom stereocenters. The van der Waals surface area contributed by atoms with Gasteiger partial charge in [-0.25, -0.2) is 4.79 Å². The van der Waals surface area contributed by atoms with Crippen LogP contribution in [0.2, 0.25) is 0 Å². The Labute approximate surface area is 155 Å². The molecule has 0 aliphatic rings. The molecule has 0 aliphatic carbocycles. The second-order valence-electron chi connectivity index (χ2n) is 6.35. The summed E-state index contributed by atoms with van der Waals surface area (Å²) in [6.45, 7) is 3.48. The van der Waals surface area contributed by atoms with Gasteiger partial charge in [0.2, 0.25) is 0 Å². The summed E-state index contributed by atoms with van der Waals surface area (Å²) < 4.78 is 49.2. The third-order valence-corrected chi connectivity index (χ3v) is 3.69. The first-order chi connectivity index (χ1) is 12.6. The number of alkyl halides is 3. The van der Waals surface area contributed by atoms with E-state index >= 15 is 0 Å². The van der Waals surface area contributed by atoms with E-state index < -0.39 is 23.8 Å².